The molecule has 3 aromatic carbocycles. The first-order valence-corrected chi connectivity index (χ1v) is 9.09. The highest BCUT2D eigenvalue weighted by Gasteiger charge is 2.24. The molecule has 134 valence electrons. The van der Waals surface area contributed by atoms with Gasteiger partial charge in [0.1, 0.15) is 0 Å². The molecule has 1 aliphatic rings. The van der Waals surface area contributed by atoms with E-state index in [2.05, 4.69) is 10.3 Å². The van der Waals surface area contributed by atoms with Crippen molar-refractivity contribution in [1.29, 1.82) is 0 Å². The van der Waals surface area contributed by atoms with E-state index in [9.17, 15) is 9.90 Å². The zero-order valence-corrected chi connectivity index (χ0v) is 15.3. The Morgan fingerprint density at radius 2 is 1.89 bits per heavy atom. The number of nitrogens with zero attached hydrogens (tertiary/aromatic N) is 1. The van der Waals surface area contributed by atoms with Crippen molar-refractivity contribution in [2.24, 2.45) is 4.99 Å². The topological polar surface area (TPSA) is 70.9 Å². The van der Waals surface area contributed by atoms with E-state index in [1.165, 1.54) is 24.9 Å². The molecule has 6 heteroatoms. The van der Waals surface area contributed by atoms with Crippen LogP contribution in [-0.2, 0) is 4.79 Å². The number of amides is 1. The van der Waals surface area contributed by atoms with Crippen molar-refractivity contribution in [2.75, 3.05) is 7.11 Å². The van der Waals surface area contributed by atoms with E-state index >= 15 is 0 Å². The average Bonchev–Trinajstić information content (AvgIpc) is 3.02. The molecule has 1 heterocycles. The summed E-state index contributed by atoms with van der Waals surface area (Å²) in [6.45, 7) is 0. The Bertz CT molecular complexity index is 1110. The zero-order chi connectivity index (χ0) is 18.8. The van der Waals surface area contributed by atoms with Crippen LogP contribution in [0.5, 0.6) is 11.5 Å². The third kappa shape index (κ3) is 3.66. The molecule has 0 atom stereocenters. The lowest BCUT2D eigenvalue weighted by atomic mass is 10.1. The van der Waals surface area contributed by atoms with Crippen molar-refractivity contribution in [1.82, 2.24) is 5.32 Å². The number of aromatic hydroxyl groups is 1. The molecule has 5 nitrogen and oxygen atoms in total. The third-order valence-corrected chi connectivity index (χ3v) is 5.03. The van der Waals surface area contributed by atoms with Crippen LogP contribution in [0.4, 0.5) is 5.69 Å². The standard InChI is InChI=1S/C21H16N2O3S/c1-26-18-10-13(6-9-17(18)24)11-19-20(25)23-21(27-19)22-16-8-7-14-4-2-3-5-15(14)12-16/h2-12,24H,1H3,(H,22,23,25). The first-order chi connectivity index (χ1) is 13.1. The lowest BCUT2D eigenvalue weighted by Gasteiger charge is -2.03. The van der Waals surface area contributed by atoms with Gasteiger partial charge in [-0.3, -0.25) is 4.79 Å². The summed E-state index contributed by atoms with van der Waals surface area (Å²) in [4.78, 5) is 17.3. The number of amidine groups is 1. The Balaban J connectivity index is 1.60. The van der Waals surface area contributed by atoms with E-state index in [0.717, 1.165) is 22.0 Å². The number of ether oxygens (including phenoxy) is 1. The second-order valence-corrected chi connectivity index (χ2v) is 6.98. The van der Waals surface area contributed by atoms with E-state index < -0.39 is 0 Å². The SMILES string of the molecule is COc1cc(C=C2SC(=Nc3ccc4ccccc4c3)NC2=O)ccc1O. The number of carbonyl (C=O) groups is 1. The molecule has 3 aromatic rings. The lowest BCUT2D eigenvalue weighted by molar-refractivity contribution is -0.115. The van der Waals surface area contributed by atoms with Gasteiger partial charge in [0.15, 0.2) is 16.7 Å². The van der Waals surface area contributed by atoms with E-state index in [1.807, 2.05) is 42.5 Å². The highest BCUT2D eigenvalue weighted by Crippen LogP contribution is 2.32. The number of carbonyl (C=O) groups excluding carboxylic acids is 1. The number of benzene rings is 3. The van der Waals surface area contributed by atoms with Gasteiger partial charge >= 0.3 is 0 Å². The fourth-order valence-electron chi connectivity index (χ4n) is 2.78. The maximum absolute atomic E-state index is 12.3. The van der Waals surface area contributed by atoms with Gasteiger partial charge < -0.3 is 15.2 Å². The van der Waals surface area contributed by atoms with Crippen molar-refractivity contribution >= 4 is 45.4 Å². The minimum atomic E-state index is -0.202. The van der Waals surface area contributed by atoms with Gasteiger partial charge in [-0.15, -0.1) is 0 Å². The summed E-state index contributed by atoms with van der Waals surface area (Å²) in [5, 5.41) is 15.2. The highest BCUT2D eigenvalue weighted by molar-refractivity contribution is 8.18. The molecule has 2 N–H and O–H groups in total. The number of aliphatic imine (C=N–C) groups is 1. The molecule has 0 aromatic heterocycles. The highest BCUT2D eigenvalue weighted by atomic mass is 32.2. The molecule has 0 radical (unpaired) electrons. The molecule has 27 heavy (non-hydrogen) atoms. The zero-order valence-electron chi connectivity index (χ0n) is 14.5. The summed E-state index contributed by atoms with van der Waals surface area (Å²) in [6.07, 6.45) is 1.74. The lowest BCUT2D eigenvalue weighted by Crippen LogP contribution is -2.19. The molecule has 0 bridgehead atoms. The number of hydrogen-bond acceptors (Lipinski definition) is 5. The molecule has 1 fully saturated rings. The van der Waals surface area contributed by atoms with Crippen molar-refractivity contribution in [2.45, 2.75) is 0 Å². The van der Waals surface area contributed by atoms with E-state index in [-0.39, 0.29) is 11.7 Å². The van der Waals surface area contributed by atoms with Crippen LogP contribution in [0.3, 0.4) is 0 Å². The van der Waals surface area contributed by atoms with Gasteiger partial charge in [0, 0.05) is 0 Å². The minimum Gasteiger partial charge on any atom is -0.504 e. The van der Waals surface area contributed by atoms with Crippen LogP contribution in [0.25, 0.3) is 16.8 Å². The number of phenolic OH excluding ortho intramolecular Hbond substituents is 1. The molecule has 0 aliphatic carbocycles. The fraction of sp³-hybridized carbons (Fsp3) is 0.0476. The van der Waals surface area contributed by atoms with Gasteiger partial charge in [0.2, 0.25) is 0 Å². The van der Waals surface area contributed by atoms with Gasteiger partial charge in [-0.05, 0) is 58.4 Å². The normalized spacial score (nSPS) is 16.9. The first-order valence-electron chi connectivity index (χ1n) is 8.28. The number of phenols is 1. The van der Waals surface area contributed by atoms with Gasteiger partial charge in [0.25, 0.3) is 5.91 Å². The van der Waals surface area contributed by atoms with Crippen molar-refractivity contribution in [3.63, 3.8) is 0 Å². The number of fused-ring (bicyclic) bond motifs is 1. The van der Waals surface area contributed by atoms with Crippen LogP contribution in [0.15, 0.2) is 70.6 Å². The van der Waals surface area contributed by atoms with Crippen molar-refractivity contribution in [3.8, 4) is 11.5 Å². The maximum atomic E-state index is 12.3. The molecule has 1 aliphatic heterocycles. The van der Waals surface area contributed by atoms with Crippen LogP contribution >= 0.6 is 11.8 Å². The Morgan fingerprint density at radius 1 is 1.07 bits per heavy atom. The largest absolute Gasteiger partial charge is 0.504 e. The van der Waals surface area contributed by atoms with Gasteiger partial charge in [-0.2, -0.15) is 0 Å². The van der Waals surface area contributed by atoms with Crippen LogP contribution in [0.2, 0.25) is 0 Å². The number of methoxy groups -OCH3 is 1. The van der Waals surface area contributed by atoms with Gasteiger partial charge in [-0.1, -0.05) is 36.4 Å². The van der Waals surface area contributed by atoms with E-state index in [0.29, 0.717) is 15.8 Å². The maximum Gasteiger partial charge on any atom is 0.264 e. The number of hydrogen-bond donors (Lipinski definition) is 2. The summed E-state index contributed by atoms with van der Waals surface area (Å²) >= 11 is 1.28. The molecule has 0 unspecified atom stereocenters. The Labute approximate surface area is 160 Å². The molecule has 1 saturated heterocycles. The van der Waals surface area contributed by atoms with Crippen LogP contribution < -0.4 is 10.1 Å². The average molecular weight is 376 g/mol. The third-order valence-electron chi connectivity index (χ3n) is 4.12. The van der Waals surface area contributed by atoms with Crippen molar-refractivity contribution in [3.05, 3.63) is 71.1 Å². The monoisotopic (exact) mass is 376 g/mol. The second-order valence-electron chi connectivity index (χ2n) is 5.94. The Kier molecular flexibility index (Phi) is 4.56. The molecule has 4 rings (SSSR count). The Morgan fingerprint density at radius 3 is 2.70 bits per heavy atom. The smallest absolute Gasteiger partial charge is 0.264 e. The summed E-state index contributed by atoms with van der Waals surface area (Å²) in [5.74, 6) is 0.214. The fourth-order valence-corrected chi connectivity index (χ4v) is 3.62. The van der Waals surface area contributed by atoms with Crippen LogP contribution in [0, 0.1) is 0 Å². The quantitative estimate of drug-likeness (QED) is 0.663. The predicted molar refractivity (Wildman–Crippen MR) is 109 cm³/mol. The van der Waals surface area contributed by atoms with Crippen molar-refractivity contribution < 1.29 is 14.6 Å². The summed E-state index contributed by atoms with van der Waals surface area (Å²) in [7, 11) is 1.48. The van der Waals surface area contributed by atoms with Gasteiger partial charge in [-0.25, -0.2) is 4.99 Å². The molecular weight excluding hydrogens is 360 g/mol. The second kappa shape index (κ2) is 7.17. The molecule has 0 spiro atoms. The predicted octanol–water partition coefficient (Wildman–Crippen LogP) is 4.45. The number of rotatable bonds is 3. The van der Waals surface area contributed by atoms with E-state index in [4.69, 9.17) is 4.74 Å². The number of thioether (sulfide) groups is 1. The van der Waals surface area contributed by atoms with Crippen LogP contribution in [0.1, 0.15) is 5.56 Å². The summed E-state index contributed by atoms with van der Waals surface area (Å²) < 4.78 is 5.10. The first kappa shape index (κ1) is 17.2. The summed E-state index contributed by atoms with van der Waals surface area (Å²) in [5.41, 5.74) is 1.54. The van der Waals surface area contributed by atoms with Crippen LogP contribution in [-0.4, -0.2) is 23.3 Å². The molecular formula is C21H16N2O3S. The van der Waals surface area contributed by atoms with E-state index in [1.54, 1.807) is 18.2 Å². The van der Waals surface area contributed by atoms with Gasteiger partial charge in [0.05, 0.1) is 17.7 Å². The Hall–Kier alpha value is -3.25. The molecule has 1 amide bonds. The summed E-state index contributed by atoms with van der Waals surface area (Å²) in [6, 6.07) is 18.9. The minimum absolute atomic E-state index is 0.0572. The number of nitrogens with one attached hydrogen (secondary N) is 1. The molecule has 0 saturated carbocycles.